The molecule has 0 amide bonds. The molecule has 0 aliphatic rings. The van der Waals surface area contributed by atoms with Crippen LogP contribution in [0, 0.1) is 0 Å². The molecule has 1 N–H and O–H groups in total. The van der Waals surface area contributed by atoms with E-state index < -0.39 is 5.97 Å². The van der Waals surface area contributed by atoms with E-state index in [9.17, 15) is 4.79 Å². The highest BCUT2D eigenvalue weighted by Crippen LogP contribution is 2.30. The van der Waals surface area contributed by atoms with Crippen molar-refractivity contribution >= 4 is 23.4 Å². The summed E-state index contributed by atoms with van der Waals surface area (Å²) in [5.74, 6) is -0.959. The van der Waals surface area contributed by atoms with E-state index in [1.807, 2.05) is 0 Å². The summed E-state index contributed by atoms with van der Waals surface area (Å²) in [5.41, 5.74) is 0.752. The number of carbonyl (C=O) groups is 1. The average Bonchev–Trinajstić information content (AvgIpc) is 2.58. The first-order valence-electron chi connectivity index (χ1n) is 5.24. The van der Waals surface area contributed by atoms with Gasteiger partial charge in [0, 0.05) is 18.6 Å². The molecule has 5 heteroatoms. The second kappa shape index (κ2) is 5.42. The van der Waals surface area contributed by atoms with Gasteiger partial charge in [0.2, 0.25) is 0 Å². The molecule has 0 atom stereocenters. The summed E-state index contributed by atoms with van der Waals surface area (Å²) >= 11 is 1.51. The minimum atomic E-state index is -0.959. The molecule has 0 bridgehead atoms. The predicted octanol–water partition coefficient (Wildman–Crippen LogP) is 2.68. The summed E-state index contributed by atoms with van der Waals surface area (Å²) in [5, 5.41) is 9.61. The van der Waals surface area contributed by atoms with Crippen LogP contribution in [-0.2, 0) is 21.6 Å². The first kappa shape index (κ1) is 13.9. The molecule has 1 aromatic rings. The van der Waals surface area contributed by atoms with E-state index in [2.05, 4.69) is 25.8 Å². The number of aromatic nitrogens is 1. The van der Waals surface area contributed by atoms with Crippen LogP contribution < -0.4 is 0 Å². The Bertz CT molecular complexity index is 429. The molecule has 0 aliphatic heterocycles. The van der Waals surface area contributed by atoms with Crippen LogP contribution in [0.4, 0.5) is 0 Å². The van der Waals surface area contributed by atoms with E-state index >= 15 is 0 Å². The molecule has 0 aromatic carbocycles. The van der Waals surface area contributed by atoms with Crippen molar-refractivity contribution in [3.63, 3.8) is 0 Å². The number of hydrogen-bond donors (Lipinski definition) is 1. The van der Waals surface area contributed by atoms with Crippen LogP contribution in [-0.4, -0.2) is 23.2 Å². The van der Waals surface area contributed by atoms with E-state index in [0.717, 1.165) is 21.7 Å². The van der Waals surface area contributed by atoms with Crippen molar-refractivity contribution in [2.24, 2.45) is 0 Å². The lowest BCUT2D eigenvalue weighted by Gasteiger charge is -2.13. The standard InChI is InChI=1S/C12H17NO3S/c1-12(2,3)11-13-8(7-16-4)9(17-11)5-6-10(14)15/h5-6H,7H2,1-4H3,(H,14,15)/b6-5+. The zero-order valence-corrected chi connectivity index (χ0v) is 11.3. The van der Waals surface area contributed by atoms with E-state index in [4.69, 9.17) is 9.84 Å². The number of hydrogen-bond acceptors (Lipinski definition) is 4. The minimum absolute atomic E-state index is 0.0392. The molecule has 0 aliphatic carbocycles. The second-order valence-electron chi connectivity index (χ2n) is 4.68. The maximum atomic E-state index is 10.5. The Morgan fingerprint density at radius 3 is 2.65 bits per heavy atom. The molecule has 1 heterocycles. The Morgan fingerprint density at radius 2 is 2.18 bits per heavy atom. The fraction of sp³-hybridized carbons (Fsp3) is 0.500. The molecule has 4 nitrogen and oxygen atoms in total. The molecule has 0 saturated heterocycles. The number of methoxy groups -OCH3 is 1. The van der Waals surface area contributed by atoms with Gasteiger partial charge in [-0.05, 0) is 6.08 Å². The fourth-order valence-electron chi connectivity index (χ4n) is 1.20. The van der Waals surface area contributed by atoms with E-state index in [0.29, 0.717) is 6.61 Å². The van der Waals surface area contributed by atoms with Gasteiger partial charge in [0.25, 0.3) is 0 Å². The third-order valence-electron chi connectivity index (χ3n) is 2.03. The van der Waals surface area contributed by atoms with Crippen LogP contribution in [0.5, 0.6) is 0 Å². The Morgan fingerprint density at radius 1 is 1.53 bits per heavy atom. The van der Waals surface area contributed by atoms with Crippen molar-refractivity contribution in [1.82, 2.24) is 4.98 Å². The monoisotopic (exact) mass is 255 g/mol. The Labute approximate surface area is 105 Å². The van der Waals surface area contributed by atoms with Gasteiger partial charge < -0.3 is 9.84 Å². The van der Waals surface area contributed by atoms with Gasteiger partial charge in [-0.15, -0.1) is 11.3 Å². The van der Waals surface area contributed by atoms with Crippen molar-refractivity contribution in [2.45, 2.75) is 32.8 Å². The Kier molecular flexibility index (Phi) is 4.42. The Hall–Kier alpha value is -1.20. The highest BCUT2D eigenvalue weighted by molar-refractivity contribution is 7.12. The predicted molar refractivity (Wildman–Crippen MR) is 68.2 cm³/mol. The second-order valence-corrected chi connectivity index (χ2v) is 5.72. The summed E-state index contributed by atoms with van der Waals surface area (Å²) in [6.07, 6.45) is 2.70. The van der Waals surface area contributed by atoms with E-state index in [-0.39, 0.29) is 5.41 Å². The van der Waals surface area contributed by atoms with Crippen LogP contribution >= 0.6 is 11.3 Å². The first-order chi connectivity index (χ1) is 7.84. The number of nitrogens with zero attached hydrogens (tertiary/aromatic N) is 1. The van der Waals surface area contributed by atoms with Gasteiger partial charge in [0.15, 0.2) is 0 Å². The summed E-state index contributed by atoms with van der Waals surface area (Å²) in [6, 6.07) is 0. The number of carboxylic acid groups (broad SMARTS) is 1. The molecular weight excluding hydrogens is 238 g/mol. The van der Waals surface area contributed by atoms with Crippen molar-refractivity contribution in [3.05, 3.63) is 21.7 Å². The van der Waals surface area contributed by atoms with E-state index in [1.165, 1.54) is 11.3 Å². The van der Waals surface area contributed by atoms with Crippen molar-refractivity contribution < 1.29 is 14.6 Å². The molecule has 0 radical (unpaired) electrons. The van der Waals surface area contributed by atoms with Crippen LogP contribution in [0.15, 0.2) is 6.08 Å². The quantitative estimate of drug-likeness (QED) is 0.840. The lowest BCUT2D eigenvalue weighted by Crippen LogP contribution is -2.10. The number of rotatable bonds is 4. The normalized spacial score (nSPS) is 12.2. The summed E-state index contributed by atoms with van der Waals surface area (Å²) in [7, 11) is 1.60. The van der Waals surface area contributed by atoms with Gasteiger partial charge in [-0.1, -0.05) is 20.8 Å². The minimum Gasteiger partial charge on any atom is -0.478 e. The number of thiazole rings is 1. The van der Waals surface area contributed by atoms with Crippen LogP contribution in [0.1, 0.15) is 36.3 Å². The van der Waals surface area contributed by atoms with Crippen molar-refractivity contribution in [1.29, 1.82) is 0 Å². The van der Waals surface area contributed by atoms with Crippen molar-refractivity contribution in [3.8, 4) is 0 Å². The molecule has 0 fully saturated rings. The maximum Gasteiger partial charge on any atom is 0.328 e. The van der Waals surface area contributed by atoms with Crippen LogP contribution in [0.2, 0.25) is 0 Å². The van der Waals surface area contributed by atoms with Gasteiger partial charge in [-0.2, -0.15) is 0 Å². The molecule has 0 spiro atoms. The molecule has 1 rings (SSSR count). The average molecular weight is 255 g/mol. The third kappa shape index (κ3) is 3.94. The largest absolute Gasteiger partial charge is 0.478 e. The molecule has 17 heavy (non-hydrogen) atoms. The molecule has 1 aromatic heterocycles. The number of ether oxygens (including phenoxy) is 1. The van der Waals surface area contributed by atoms with Gasteiger partial charge in [-0.3, -0.25) is 0 Å². The van der Waals surface area contributed by atoms with Gasteiger partial charge in [0.05, 0.1) is 22.2 Å². The van der Waals surface area contributed by atoms with Crippen LogP contribution in [0.3, 0.4) is 0 Å². The van der Waals surface area contributed by atoms with Gasteiger partial charge >= 0.3 is 5.97 Å². The number of aliphatic carboxylic acids is 1. The lowest BCUT2D eigenvalue weighted by molar-refractivity contribution is -0.131. The van der Waals surface area contributed by atoms with Gasteiger partial charge in [-0.25, -0.2) is 9.78 Å². The summed E-state index contributed by atoms with van der Waals surface area (Å²) < 4.78 is 5.06. The highest BCUT2D eigenvalue weighted by atomic mass is 32.1. The highest BCUT2D eigenvalue weighted by Gasteiger charge is 2.20. The maximum absolute atomic E-state index is 10.5. The summed E-state index contributed by atoms with van der Waals surface area (Å²) in [4.78, 5) is 15.9. The fourth-order valence-corrected chi connectivity index (χ4v) is 2.23. The smallest absolute Gasteiger partial charge is 0.328 e. The Balaban J connectivity index is 3.09. The third-order valence-corrected chi connectivity index (χ3v) is 3.52. The molecule has 94 valence electrons. The zero-order chi connectivity index (χ0) is 13.1. The number of carboxylic acids is 1. The van der Waals surface area contributed by atoms with Crippen molar-refractivity contribution in [2.75, 3.05) is 7.11 Å². The lowest BCUT2D eigenvalue weighted by atomic mass is 9.98. The molecule has 0 saturated carbocycles. The van der Waals surface area contributed by atoms with Gasteiger partial charge in [0.1, 0.15) is 0 Å². The SMILES string of the molecule is COCc1nc(C(C)(C)C)sc1/C=C/C(=O)O. The summed E-state index contributed by atoms with van der Waals surface area (Å²) in [6.45, 7) is 6.62. The zero-order valence-electron chi connectivity index (χ0n) is 10.5. The molecule has 0 unspecified atom stereocenters. The molecular formula is C12H17NO3S. The van der Waals surface area contributed by atoms with E-state index in [1.54, 1.807) is 13.2 Å². The first-order valence-corrected chi connectivity index (χ1v) is 6.06. The van der Waals surface area contributed by atoms with Crippen LogP contribution in [0.25, 0.3) is 6.08 Å². The topological polar surface area (TPSA) is 59.4 Å².